The monoisotopic (exact) mass is 382 g/mol. The average molecular weight is 383 g/mol. The Morgan fingerprint density at radius 3 is 1.52 bits per heavy atom. The summed E-state index contributed by atoms with van der Waals surface area (Å²) >= 11 is 0. The zero-order valence-corrected chi connectivity index (χ0v) is 17.6. The summed E-state index contributed by atoms with van der Waals surface area (Å²) in [6.07, 6.45) is 24.7. The van der Waals surface area contributed by atoms with Gasteiger partial charge >= 0.3 is 12.1 Å². The summed E-state index contributed by atoms with van der Waals surface area (Å²) in [4.78, 5) is 21.2. The molecule has 0 saturated carbocycles. The van der Waals surface area contributed by atoms with Gasteiger partial charge in [-0.05, 0) is 32.1 Å². The lowest BCUT2D eigenvalue weighted by molar-refractivity contribution is -0.139. The Hall–Kier alpha value is -1.32. The van der Waals surface area contributed by atoms with Crippen LogP contribution in [0.15, 0.2) is 12.2 Å². The van der Waals surface area contributed by atoms with Gasteiger partial charge in [0.05, 0.1) is 0 Å². The van der Waals surface area contributed by atoms with E-state index in [1.54, 1.807) is 0 Å². The Morgan fingerprint density at radius 1 is 0.667 bits per heavy atom. The van der Waals surface area contributed by atoms with E-state index in [4.69, 9.17) is 5.11 Å². The molecule has 0 unspecified atom stereocenters. The molecule has 0 spiro atoms. The van der Waals surface area contributed by atoms with E-state index in [1.807, 2.05) is 0 Å². The molecule has 27 heavy (non-hydrogen) atoms. The van der Waals surface area contributed by atoms with Gasteiger partial charge in [-0.15, -0.1) is 0 Å². The molecule has 0 atom stereocenters. The molecule has 0 aromatic carbocycles. The molecule has 0 fully saturated rings. The zero-order chi connectivity index (χ0) is 20.0. The molecule has 0 saturated heterocycles. The molecule has 4 nitrogen and oxygen atoms in total. The lowest BCUT2D eigenvalue weighted by atomic mass is 10.1. The van der Waals surface area contributed by atoms with E-state index in [0.29, 0.717) is 0 Å². The second kappa shape index (κ2) is 21.0. The minimum atomic E-state index is -1.51. The second-order valence-corrected chi connectivity index (χ2v) is 7.49. The highest BCUT2D eigenvalue weighted by atomic mass is 16.7. The van der Waals surface area contributed by atoms with Crippen LogP contribution in [0.2, 0.25) is 0 Å². The number of esters is 1. The summed E-state index contributed by atoms with van der Waals surface area (Å²) in [5.41, 5.74) is 0. The lowest BCUT2D eigenvalue weighted by Crippen LogP contribution is -2.09. The summed E-state index contributed by atoms with van der Waals surface area (Å²) in [5.74, 6) is -0.636. The molecule has 0 aromatic rings. The molecule has 0 bridgehead atoms. The Balaban J connectivity index is 3.15. The molecule has 1 N–H and O–H groups in total. The Morgan fingerprint density at radius 2 is 1.07 bits per heavy atom. The van der Waals surface area contributed by atoms with Gasteiger partial charge in [-0.3, -0.25) is 4.79 Å². The van der Waals surface area contributed by atoms with Crippen molar-refractivity contribution in [3.8, 4) is 0 Å². The van der Waals surface area contributed by atoms with Gasteiger partial charge in [0, 0.05) is 6.42 Å². The van der Waals surface area contributed by atoms with Crippen molar-refractivity contribution in [2.75, 3.05) is 0 Å². The molecular formula is C23H42O4. The predicted octanol–water partition coefficient (Wildman–Crippen LogP) is 7.81. The normalized spacial score (nSPS) is 11.1. The number of hydrogen-bond donors (Lipinski definition) is 1. The van der Waals surface area contributed by atoms with Crippen molar-refractivity contribution < 1.29 is 19.4 Å². The van der Waals surface area contributed by atoms with Crippen LogP contribution in [-0.2, 0) is 9.53 Å². The number of allylic oxidation sites excluding steroid dienone is 2. The molecule has 0 aromatic heterocycles. The molecule has 0 aliphatic carbocycles. The van der Waals surface area contributed by atoms with Gasteiger partial charge in [-0.1, -0.05) is 96.1 Å². The largest absolute Gasteiger partial charge is 0.513 e. The number of ether oxygens (including phenoxy) is 1. The minimum Gasteiger partial charge on any atom is -0.449 e. The molecular weight excluding hydrogens is 340 g/mol. The van der Waals surface area contributed by atoms with E-state index in [1.165, 1.54) is 89.9 Å². The number of hydrogen-bond acceptors (Lipinski definition) is 3. The molecule has 158 valence electrons. The fraction of sp³-hybridized carbons (Fsp3) is 0.826. The maximum Gasteiger partial charge on any atom is 0.513 e. The molecule has 0 aliphatic heterocycles. The Labute approximate surface area is 166 Å². The highest BCUT2D eigenvalue weighted by molar-refractivity contribution is 5.80. The van der Waals surface area contributed by atoms with Crippen molar-refractivity contribution >= 4 is 12.1 Å². The van der Waals surface area contributed by atoms with Crippen molar-refractivity contribution in [1.82, 2.24) is 0 Å². The number of unbranched alkanes of at least 4 members (excludes halogenated alkanes) is 15. The SMILES string of the molecule is CCCCCCCC/C=C\CCCCCCCCCCCC(=O)OC(=O)O. The fourth-order valence-electron chi connectivity index (χ4n) is 3.20. The van der Waals surface area contributed by atoms with Gasteiger partial charge < -0.3 is 9.84 Å². The van der Waals surface area contributed by atoms with Crippen LogP contribution >= 0.6 is 0 Å². The third-order valence-electron chi connectivity index (χ3n) is 4.84. The van der Waals surface area contributed by atoms with Crippen molar-refractivity contribution in [3.63, 3.8) is 0 Å². The van der Waals surface area contributed by atoms with Crippen LogP contribution in [0.4, 0.5) is 4.79 Å². The van der Waals surface area contributed by atoms with Gasteiger partial charge in [0.25, 0.3) is 0 Å². The third-order valence-corrected chi connectivity index (χ3v) is 4.84. The van der Waals surface area contributed by atoms with Crippen LogP contribution < -0.4 is 0 Å². The van der Waals surface area contributed by atoms with Crippen LogP contribution in [0.1, 0.15) is 122 Å². The molecule has 0 rings (SSSR count). The first-order valence-corrected chi connectivity index (χ1v) is 11.3. The van der Waals surface area contributed by atoms with E-state index < -0.39 is 12.1 Å². The smallest absolute Gasteiger partial charge is 0.449 e. The summed E-state index contributed by atoms with van der Waals surface area (Å²) in [6, 6.07) is 0. The van der Waals surface area contributed by atoms with Gasteiger partial charge in [0.1, 0.15) is 0 Å². The summed E-state index contributed by atoms with van der Waals surface area (Å²) < 4.78 is 4.06. The summed E-state index contributed by atoms with van der Waals surface area (Å²) in [7, 11) is 0. The van der Waals surface area contributed by atoms with E-state index in [9.17, 15) is 9.59 Å². The molecule has 4 heteroatoms. The van der Waals surface area contributed by atoms with E-state index >= 15 is 0 Å². The quantitative estimate of drug-likeness (QED) is 0.107. The van der Waals surface area contributed by atoms with Crippen molar-refractivity contribution in [3.05, 3.63) is 12.2 Å². The molecule has 0 heterocycles. The average Bonchev–Trinajstić information content (AvgIpc) is 2.63. The number of carbonyl (C=O) groups is 2. The third kappa shape index (κ3) is 22.6. The zero-order valence-electron chi connectivity index (χ0n) is 17.6. The molecule has 0 radical (unpaired) electrons. The summed E-state index contributed by atoms with van der Waals surface area (Å²) in [6.45, 7) is 2.26. The Bertz CT molecular complexity index is 377. The number of rotatable bonds is 19. The second-order valence-electron chi connectivity index (χ2n) is 7.49. The van der Waals surface area contributed by atoms with Gasteiger partial charge in [-0.2, -0.15) is 0 Å². The van der Waals surface area contributed by atoms with Crippen molar-refractivity contribution in [1.29, 1.82) is 0 Å². The first kappa shape index (κ1) is 25.7. The van der Waals surface area contributed by atoms with Crippen LogP contribution in [0.25, 0.3) is 0 Å². The van der Waals surface area contributed by atoms with E-state index in [-0.39, 0.29) is 6.42 Å². The standard InChI is InChI=1S/C23H42O4/c1-2-3-4-5-6-7-8-9-10-11-12-13-14-15-16-17-18-19-20-21-22(24)27-23(25)26/h9-10H,2-8,11-21H2,1H3,(H,25,26)/b10-9-. The first-order valence-electron chi connectivity index (χ1n) is 11.3. The van der Waals surface area contributed by atoms with Gasteiger partial charge in [0.2, 0.25) is 0 Å². The van der Waals surface area contributed by atoms with Crippen LogP contribution in [-0.4, -0.2) is 17.2 Å². The van der Waals surface area contributed by atoms with E-state index in [2.05, 4.69) is 23.8 Å². The van der Waals surface area contributed by atoms with Crippen molar-refractivity contribution in [2.24, 2.45) is 0 Å². The van der Waals surface area contributed by atoms with Gasteiger partial charge in [-0.25, -0.2) is 4.79 Å². The molecule has 0 amide bonds. The number of carbonyl (C=O) groups excluding carboxylic acids is 1. The lowest BCUT2D eigenvalue weighted by Gasteiger charge is -2.02. The van der Waals surface area contributed by atoms with Crippen LogP contribution in [0, 0.1) is 0 Å². The fourth-order valence-corrected chi connectivity index (χ4v) is 3.20. The molecule has 0 aliphatic rings. The van der Waals surface area contributed by atoms with Crippen LogP contribution in [0.5, 0.6) is 0 Å². The highest BCUT2D eigenvalue weighted by Gasteiger charge is 2.07. The summed E-state index contributed by atoms with van der Waals surface area (Å²) in [5, 5.41) is 8.30. The number of carboxylic acid groups (broad SMARTS) is 1. The van der Waals surface area contributed by atoms with Gasteiger partial charge in [0.15, 0.2) is 0 Å². The predicted molar refractivity (Wildman–Crippen MR) is 112 cm³/mol. The first-order chi connectivity index (χ1) is 13.2. The van der Waals surface area contributed by atoms with Crippen molar-refractivity contribution in [2.45, 2.75) is 122 Å². The minimum absolute atomic E-state index is 0.207. The highest BCUT2D eigenvalue weighted by Crippen LogP contribution is 2.12. The van der Waals surface area contributed by atoms with Crippen LogP contribution in [0.3, 0.4) is 0 Å². The maximum absolute atomic E-state index is 11.0. The Kier molecular flexibility index (Phi) is 20.0. The topological polar surface area (TPSA) is 63.6 Å². The van der Waals surface area contributed by atoms with E-state index in [0.717, 1.165) is 19.3 Å². The maximum atomic E-state index is 11.0.